The van der Waals surface area contributed by atoms with E-state index in [1.54, 1.807) is 0 Å². The van der Waals surface area contributed by atoms with Gasteiger partial charge in [0.1, 0.15) is 5.65 Å². The number of pyridine rings is 1. The lowest BCUT2D eigenvalue weighted by Gasteiger charge is -2.18. The van der Waals surface area contributed by atoms with Crippen LogP contribution in [0.25, 0.3) is 5.65 Å². The van der Waals surface area contributed by atoms with Gasteiger partial charge in [0, 0.05) is 30.5 Å². The van der Waals surface area contributed by atoms with Crippen LogP contribution in [0.4, 0.5) is 0 Å². The monoisotopic (exact) mass is 273 g/mol. The number of aryl methyl sites for hydroxylation is 1. The third-order valence-corrected chi connectivity index (χ3v) is 3.75. The van der Waals surface area contributed by atoms with Crippen LogP contribution in [0, 0.1) is 6.92 Å². The van der Waals surface area contributed by atoms with Gasteiger partial charge < -0.3 is 9.30 Å². The Hall–Kier alpha value is -1.84. The van der Waals surface area contributed by atoms with Crippen LogP contribution in [0.3, 0.4) is 0 Å². The Labute approximate surface area is 120 Å². The van der Waals surface area contributed by atoms with Crippen molar-refractivity contribution in [2.45, 2.75) is 40.5 Å². The molecule has 0 atom stereocenters. The zero-order chi connectivity index (χ0) is 14.9. The standard InChI is InChI=1S/C16H23N3O/c1-6-18(7-2)16(20)13-8-9-19-12(5)15(11(3)4)17-14(19)10-13/h8-11H,6-7H2,1-5H3. The number of fused-ring (bicyclic) bond motifs is 1. The number of carbonyl (C=O) groups excluding carboxylic acids is 1. The molecule has 0 aliphatic rings. The first-order valence-electron chi connectivity index (χ1n) is 7.27. The van der Waals surface area contributed by atoms with Crippen LogP contribution >= 0.6 is 0 Å². The molecule has 0 unspecified atom stereocenters. The largest absolute Gasteiger partial charge is 0.339 e. The van der Waals surface area contributed by atoms with E-state index < -0.39 is 0 Å². The van der Waals surface area contributed by atoms with Crippen molar-refractivity contribution in [1.82, 2.24) is 14.3 Å². The van der Waals surface area contributed by atoms with Crippen LogP contribution in [0.15, 0.2) is 18.3 Å². The molecule has 0 radical (unpaired) electrons. The maximum Gasteiger partial charge on any atom is 0.254 e. The average Bonchev–Trinajstić information content (AvgIpc) is 2.77. The Kier molecular flexibility index (Phi) is 4.12. The molecule has 0 bridgehead atoms. The Morgan fingerprint density at radius 2 is 2.00 bits per heavy atom. The van der Waals surface area contributed by atoms with Crippen LogP contribution in [0.5, 0.6) is 0 Å². The lowest BCUT2D eigenvalue weighted by atomic mass is 10.1. The summed E-state index contributed by atoms with van der Waals surface area (Å²) in [6.07, 6.45) is 1.94. The second-order valence-electron chi connectivity index (χ2n) is 5.36. The molecule has 2 aromatic rings. The molecule has 1 amide bonds. The predicted molar refractivity (Wildman–Crippen MR) is 81.3 cm³/mol. The van der Waals surface area contributed by atoms with Crippen molar-refractivity contribution in [2.24, 2.45) is 0 Å². The van der Waals surface area contributed by atoms with Crippen molar-refractivity contribution in [3.63, 3.8) is 0 Å². The average molecular weight is 273 g/mol. The summed E-state index contributed by atoms with van der Waals surface area (Å²) in [5.41, 5.74) is 3.81. The summed E-state index contributed by atoms with van der Waals surface area (Å²) in [6.45, 7) is 11.8. The van der Waals surface area contributed by atoms with Crippen molar-refractivity contribution in [3.05, 3.63) is 35.3 Å². The van der Waals surface area contributed by atoms with Gasteiger partial charge in [-0.3, -0.25) is 4.79 Å². The fraction of sp³-hybridized carbons (Fsp3) is 0.500. The Morgan fingerprint density at radius 1 is 1.35 bits per heavy atom. The maximum absolute atomic E-state index is 12.4. The summed E-state index contributed by atoms with van der Waals surface area (Å²) in [4.78, 5) is 18.8. The van der Waals surface area contributed by atoms with Gasteiger partial charge in [0.2, 0.25) is 0 Å². The summed E-state index contributed by atoms with van der Waals surface area (Å²) in [6, 6.07) is 3.77. The predicted octanol–water partition coefficient (Wildman–Crippen LogP) is 3.25. The third-order valence-electron chi connectivity index (χ3n) is 3.75. The lowest BCUT2D eigenvalue weighted by Crippen LogP contribution is -2.30. The zero-order valence-electron chi connectivity index (χ0n) is 13.0. The highest BCUT2D eigenvalue weighted by atomic mass is 16.2. The van der Waals surface area contributed by atoms with Crippen LogP contribution in [0.1, 0.15) is 55.4 Å². The van der Waals surface area contributed by atoms with Gasteiger partial charge in [-0.05, 0) is 38.8 Å². The normalized spacial score (nSPS) is 11.3. The molecule has 0 aliphatic carbocycles. The van der Waals surface area contributed by atoms with E-state index in [4.69, 9.17) is 0 Å². The molecule has 2 aromatic heterocycles. The first kappa shape index (κ1) is 14.6. The fourth-order valence-corrected chi connectivity index (χ4v) is 2.56. The number of carbonyl (C=O) groups is 1. The second-order valence-corrected chi connectivity index (χ2v) is 5.36. The summed E-state index contributed by atoms with van der Waals surface area (Å²) >= 11 is 0. The molecule has 0 N–H and O–H groups in total. The van der Waals surface area contributed by atoms with Crippen LogP contribution < -0.4 is 0 Å². The molecule has 0 fully saturated rings. The zero-order valence-corrected chi connectivity index (χ0v) is 13.0. The van der Waals surface area contributed by atoms with Gasteiger partial charge in [0.25, 0.3) is 5.91 Å². The molecular weight excluding hydrogens is 250 g/mol. The Morgan fingerprint density at radius 3 is 2.55 bits per heavy atom. The van der Waals surface area contributed by atoms with E-state index >= 15 is 0 Å². The molecule has 4 nitrogen and oxygen atoms in total. The number of imidazole rings is 1. The van der Waals surface area contributed by atoms with Gasteiger partial charge in [-0.2, -0.15) is 0 Å². The molecule has 2 rings (SSSR count). The number of hydrogen-bond acceptors (Lipinski definition) is 2. The van der Waals surface area contributed by atoms with Crippen molar-refractivity contribution in [3.8, 4) is 0 Å². The highest BCUT2D eigenvalue weighted by Crippen LogP contribution is 2.20. The summed E-state index contributed by atoms with van der Waals surface area (Å²) in [5, 5.41) is 0. The van der Waals surface area contributed by atoms with E-state index in [1.807, 2.05) is 41.5 Å². The van der Waals surface area contributed by atoms with Crippen molar-refractivity contribution < 1.29 is 4.79 Å². The Bertz CT molecular complexity index is 624. The van der Waals surface area contributed by atoms with Gasteiger partial charge in [-0.25, -0.2) is 4.98 Å². The molecule has 2 heterocycles. The molecule has 0 aliphatic heterocycles. The summed E-state index contributed by atoms with van der Waals surface area (Å²) in [7, 11) is 0. The molecule has 108 valence electrons. The number of nitrogens with zero attached hydrogens (tertiary/aromatic N) is 3. The van der Waals surface area contributed by atoms with E-state index in [2.05, 4.69) is 25.8 Å². The summed E-state index contributed by atoms with van der Waals surface area (Å²) < 4.78 is 2.05. The second kappa shape index (κ2) is 5.65. The van der Waals surface area contributed by atoms with Gasteiger partial charge in [0.15, 0.2) is 0 Å². The molecule has 0 aromatic carbocycles. The lowest BCUT2D eigenvalue weighted by molar-refractivity contribution is 0.0773. The van der Waals surface area contributed by atoms with Crippen LogP contribution in [-0.2, 0) is 0 Å². The topological polar surface area (TPSA) is 37.6 Å². The first-order valence-corrected chi connectivity index (χ1v) is 7.27. The van der Waals surface area contributed by atoms with Gasteiger partial charge >= 0.3 is 0 Å². The number of rotatable bonds is 4. The third kappa shape index (κ3) is 2.42. The quantitative estimate of drug-likeness (QED) is 0.857. The minimum absolute atomic E-state index is 0.0734. The molecular formula is C16H23N3O. The van der Waals surface area contributed by atoms with Crippen LogP contribution in [-0.4, -0.2) is 33.3 Å². The van der Waals surface area contributed by atoms with E-state index in [0.717, 1.165) is 30.1 Å². The van der Waals surface area contributed by atoms with Crippen molar-refractivity contribution in [2.75, 3.05) is 13.1 Å². The number of aromatic nitrogens is 2. The fourth-order valence-electron chi connectivity index (χ4n) is 2.56. The molecule has 0 saturated heterocycles. The molecule has 4 heteroatoms. The summed E-state index contributed by atoms with van der Waals surface area (Å²) in [5.74, 6) is 0.459. The Balaban J connectivity index is 2.46. The maximum atomic E-state index is 12.4. The van der Waals surface area contributed by atoms with Crippen molar-refractivity contribution in [1.29, 1.82) is 0 Å². The molecule has 0 saturated carbocycles. The van der Waals surface area contributed by atoms with Crippen molar-refractivity contribution >= 4 is 11.6 Å². The van der Waals surface area contributed by atoms with Gasteiger partial charge in [-0.1, -0.05) is 13.8 Å². The molecule has 0 spiro atoms. The minimum Gasteiger partial charge on any atom is -0.339 e. The number of amides is 1. The smallest absolute Gasteiger partial charge is 0.254 e. The number of hydrogen-bond donors (Lipinski definition) is 0. The van der Waals surface area contributed by atoms with Gasteiger partial charge in [0.05, 0.1) is 5.69 Å². The molecule has 20 heavy (non-hydrogen) atoms. The van der Waals surface area contributed by atoms with E-state index in [0.29, 0.717) is 11.5 Å². The van der Waals surface area contributed by atoms with E-state index in [9.17, 15) is 4.79 Å². The van der Waals surface area contributed by atoms with E-state index in [1.165, 1.54) is 0 Å². The van der Waals surface area contributed by atoms with Crippen LogP contribution in [0.2, 0.25) is 0 Å². The highest BCUT2D eigenvalue weighted by molar-refractivity contribution is 5.95. The van der Waals surface area contributed by atoms with E-state index in [-0.39, 0.29) is 5.91 Å². The highest BCUT2D eigenvalue weighted by Gasteiger charge is 2.16. The van der Waals surface area contributed by atoms with Gasteiger partial charge in [-0.15, -0.1) is 0 Å². The SMILES string of the molecule is CCN(CC)C(=O)c1ccn2c(C)c(C(C)C)nc2c1. The first-order chi connectivity index (χ1) is 9.49. The minimum atomic E-state index is 0.0734.